The molecule has 0 aliphatic heterocycles. The molecule has 0 heterocycles. The summed E-state index contributed by atoms with van der Waals surface area (Å²) in [7, 11) is 0. The summed E-state index contributed by atoms with van der Waals surface area (Å²) < 4.78 is 0. The van der Waals surface area contributed by atoms with Gasteiger partial charge in [0.25, 0.3) is 0 Å². The lowest BCUT2D eigenvalue weighted by atomic mass is 9.73. The fourth-order valence-electron chi connectivity index (χ4n) is 3.40. The Morgan fingerprint density at radius 2 is 1.29 bits per heavy atom. The van der Waals surface area contributed by atoms with Gasteiger partial charge in [-0.15, -0.1) is 0 Å². The van der Waals surface area contributed by atoms with E-state index in [0.717, 1.165) is 25.7 Å². The third kappa shape index (κ3) is 12.2. The van der Waals surface area contributed by atoms with Gasteiger partial charge in [0.1, 0.15) is 0 Å². The number of aliphatic hydroxyl groups is 2. The Hall–Kier alpha value is -0.0800. The quantitative estimate of drug-likeness (QED) is 0.508. The van der Waals surface area contributed by atoms with Crippen molar-refractivity contribution in [2.75, 3.05) is 0 Å². The van der Waals surface area contributed by atoms with E-state index in [4.69, 9.17) is 0 Å². The van der Waals surface area contributed by atoms with E-state index in [0.29, 0.717) is 11.8 Å². The molecule has 0 aliphatic rings. The Kier molecular flexibility index (Phi) is 9.80. The van der Waals surface area contributed by atoms with E-state index in [1.165, 1.54) is 25.7 Å². The average molecular weight is 301 g/mol. The zero-order valence-corrected chi connectivity index (χ0v) is 15.4. The summed E-state index contributed by atoms with van der Waals surface area (Å²) in [6.07, 6.45) is 8.43. The first-order valence-corrected chi connectivity index (χ1v) is 8.93. The van der Waals surface area contributed by atoms with Crippen LogP contribution >= 0.6 is 0 Å². The molecule has 0 aliphatic carbocycles. The fourth-order valence-corrected chi connectivity index (χ4v) is 3.40. The van der Waals surface area contributed by atoms with Crippen molar-refractivity contribution in [3.63, 3.8) is 0 Å². The van der Waals surface area contributed by atoms with E-state index >= 15 is 0 Å². The summed E-state index contributed by atoms with van der Waals surface area (Å²) in [4.78, 5) is 0. The second-order valence-corrected chi connectivity index (χ2v) is 8.78. The Morgan fingerprint density at radius 1 is 0.762 bits per heavy atom. The molecule has 0 aromatic heterocycles. The Labute approximate surface area is 133 Å². The molecular formula is C19H40O2. The molecule has 21 heavy (non-hydrogen) atoms. The molecule has 0 rings (SSSR count). The van der Waals surface area contributed by atoms with Crippen LogP contribution in [0.1, 0.15) is 99.3 Å². The number of unbranched alkanes of at least 4 members (excludes halogenated alkanes) is 4. The van der Waals surface area contributed by atoms with Gasteiger partial charge < -0.3 is 10.2 Å². The van der Waals surface area contributed by atoms with Crippen LogP contribution in [0.5, 0.6) is 0 Å². The van der Waals surface area contributed by atoms with Crippen LogP contribution in [0.25, 0.3) is 0 Å². The van der Waals surface area contributed by atoms with E-state index < -0.39 is 12.2 Å². The first-order valence-electron chi connectivity index (χ1n) is 8.93. The van der Waals surface area contributed by atoms with Gasteiger partial charge in [-0.25, -0.2) is 0 Å². The molecule has 0 bridgehead atoms. The van der Waals surface area contributed by atoms with Gasteiger partial charge in [-0.2, -0.15) is 0 Å². The third-order valence-corrected chi connectivity index (χ3v) is 4.17. The number of aliphatic hydroxyl groups excluding tert-OH is 2. The fraction of sp³-hybridized carbons (Fsp3) is 1.00. The molecule has 2 N–H and O–H groups in total. The van der Waals surface area contributed by atoms with E-state index in [-0.39, 0.29) is 5.41 Å². The van der Waals surface area contributed by atoms with Gasteiger partial charge in [0.15, 0.2) is 0 Å². The molecule has 0 saturated heterocycles. The smallest absolute Gasteiger partial charge is 0.0799 e. The summed E-state index contributed by atoms with van der Waals surface area (Å²) in [5.41, 5.74) is 0.534. The van der Waals surface area contributed by atoms with Crippen molar-refractivity contribution >= 4 is 0 Å². The molecule has 0 spiro atoms. The second-order valence-electron chi connectivity index (χ2n) is 8.78. The van der Waals surface area contributed by atoms with Gasteiger partial charge in [-0.1, -0.05) is 73.6 Å². The van der Waals surface area contributed by atoms with Crippen molar-refractivity contribution in [2.45, 2.75) is 112 Å². The standard InChI is InChI=1S/C19H40O2/c1-7-8-9-10-11-12-16(20)17(21)13-14-19(5,6)15-18(2,3)4/h16-17,20-21H,7-15H2,1-6H3. The van der Waals surface area contributed by atoms with Crippen molar-refractivity contribution < 1.29 is 10.2 Å². The van der Waals surface area contributed by atoms with Gasteiger partial charge in [0.05, 0.1) is 12.2 Å². The minimum atomic E-state index is -0.560. The van der Waals surface area contributed by atoms with Crippen LogP contribution in [0.15, 0.2) is 0 Å². The summed E-state index contributed by atoms with van der Waals surface area (Å²) in [6, 6.07) is 0. The lowest BCUT2D eigenvalue weighted by Crippen LogP contribution is -2.29. The van der Waals surface area contributed by atoms with Crippen LogP contribution in [-0.2, 0) is 0 Å². The molecule has 0 saturated carbocycles. The summed E-state index contributed by atoms with van der Waals surface area (Å²) in [5, 5.41) is 20.2. The minimum Gasteiger partial charge on any atom is -0.390 e. The molecule has 0 aromatic carbocycles. The van der Waals surface area contributed by atoms with E-state index in [2.05, 4.69) is 41.5 Å². The highest BCUT2D eigenvalue weighted by molar-refractivity contribution is 4.79. The molecule has 0 aromatic rings. The van der Waals surface area contributed by atoms with Crippen LogP contribution in [0.3, 0.4) is 0 Å². The van der Waals surface area contributed by atoms with E-state index in [1.54, 1.807) is 0 Å². The van der Waals surface area contributed by atoms with Gasteiger partial charge in [-0.05, 0) is 36.5 Å². The average Bonchev–Trinajstić information content (AvgIpc) is 2.32. The van der Waals surface area contributed by atoms with Gasteiger partial charge >= 0.3 is 0 Å². The Bertz CT molecular complexity index is 253. The van der Waals surface area contributed by atoms with Gasteiger partial charge in [0, 0.05) is 0 Å². The maximum Gasteiger partial charge on any atom is 0.0799 e. The lowest BCUT2D eigenvalue weighted by Gasteiger charge is -2.33. The summed E-state index contributed by atoms with van der Waals surface area (Å²) in [5.74, 6) is 0. The Balaban J connectivity index is 3.93. The molecule has 2 nitrogen and oxygen atoms in total. The van der Waals surface area contributed by atoms with Gasteiger partial charge in [-0.3, -0.25) is 0 Å². The summed E-state index contributed by atoms with van der Waals surface area (Å²) in [6.45, 7) is 13.5. The molecule has 2 heteroatoms. The lowest BCUT2D eigenvalue weighted by molar-refractivity contribution is 0.0000675. The predicted molar refractivity (Wildman–Crippen MR) is 92.5 cm³/mol. The summed E-state index contributed by atoms with van der Waals surface area (Å²) >= 11 is 0. The number of hydrogen-bond acceptors (Lipinski definition) is 2. The van der Waals surface area contributed by atoms with Crippen LogP contribution in [-0.4, -0.2) is 22.4 Å². The maximum atomic E-state index is 10.1. The SMILES string of the molecule is CCCCCCCC(O)C(O)CCC(C)(C)CC(C)(C)C. The van der Waals surface area contributed by atoms with Crippen LogP contribution in [0.2, 0.25) is 0 Å². The van der Waals surface area contributed by atoms with E-state index in [9.17, 15) is 10.2 Å². The molecule has 2 atom stereocenters. The molecule has 0 fully saturated rings. The highest BCUT2D eigenvalue weighted by atomic mass is 16.3. The zero-order chi connectivity index (χ0) is 16.5. The van der Waals surface area contributed by atoms with Crippen molar-refractivity contribution in [2.24, 2.45) is 10.8 Å². The minimum absolute atomic E-state index is 0.222. The van der Waals surface area contributed by atoms with Gasteiger partial charge in [0.2, 0.25) is 0 Å². The monoisotopic (exact) mass is 300 g/mol. The Morgan fingerprint density at radius 3 is 1.81 bits per heavy atom. The van der Waals surface area contributed by atoms with Crippen LogP contribution < -0.4 is 0 Å². The zero-order valence-electron chi connectivity index (χ0n) is 15.4. The number of rotatable bonds is 11. The normalized spacial score (nSPS) is 16.0. The van der Waals surface area contributed by atoms with E-state index in [1.807, 2.05) is 0 Å². The second kappa shape index (κ2) is 9.84. The first-order chi connectivity index (χ1) is 9.57. The highest BCUT2D eigenvalue weighted by Crippen LogP contribution is 2.37. The molecule has 0 radical (unpaired) electrons. The maximum absolute atomic E-state index is 10.1. The van der Waals surface area contributed by atoms with Crippen molar-refractivity contribution in [1.29, 1.82) is 0 Å². The van der Waals surface area contributed by atoms with Crippen molar-refractivity contribution in [1.82, 2.24) is 0 Å². The largest absolute Gasteiger partial charge is 0.390 e. The van der Waals surface area contributed by atoms with Crippen molar-refractivity contribution in [3.8, 4) is 0 Å². The molecular weight excluding hydrogens is 260 g/mol. The predicted octanol–water partition coefficient (Wildman–Crippen LogP) is 5.31. The topological polar surface area (TPSA) is 40.5 Å². The molecule has 2 unspecified atom stereocenters. The van der Waals surface area contributed by atoms with Crippen LogP contribution in [0, 0.1) is 10.8 Å². The first kappa shape index (κ1) is 20.9. The molecule has 128 valence electrons. The number of hydrogen-bond donors (Lipinski definition) is 2. The molecule has 0 amide bonds. The highest BCUT2D eigenvalue weighted by Gasteiger charge is 2.27. The van der Waals surface area contributed by atoms with Crippen molar-refractivity contribution in [3.05, 3.63) is 0 Å². The van der Waals surface area contributed by atoms with Crippen LogP contribution in [0.4, 0.5) is 0 Å². The third-order valence-electron chi connectivity index (χ3n) is 4.17.